The van der Waals surface area contributed by atoms with E-state index in [-0.39, 0.29) is 6.10 Å². The van der Waals surface area contributed by atoms with Gasteiger partial charge in [-0.05, 0) is 29.5 Å². The van der Waals surface area contributed by atoms with Crippen LogP contribution in [0, 0.1) is 3.57 Å². The van der Waals surface area contributed by atoms with Gasteiger partial charge in [-0.3, -0.25) is 0 Å². The topological polar surface area (TPSA) is 56.3 Å². The van der Waals surface area contributed by atoms with Gasteiger partial charge < -0.3 is 14.8 Å². The van der Waals surface area contributed by atoms with E-state index in [1.54, 1.807) is 7.11 Å². The Labute approximate surface area is 131 Å². The van der Waals surface area contributed by atoms with Crippen LogP contribution in [0.5, 0.6) is 0 Å². The van der Waals surface area contributed by atoms with Crippen LogP contribution in [0.2, 0.25) is 0 Å². The van der Waals surface area contributed by atoms with Gasteiger partial charge in [0, 0.05) is 25.2 Å². The van der Waals surface area contributed by atoms with E-state index in [1.165, 1.54) is 0 Å². The van der Waals surface area contributed by atoms with Gasteiger partial charge in [-0.2, -0.15) is 11.8 Å². The zero-order valence-corrected chi connectivity index (χ0v) is 14.1. The number of ether oxygens (including phenoxy) is 2. The minimum atomic E-state index is -0.0104. The van der Waals surface area contributed by atoms with Crippen molar-refractivity contribution in [1.82, 2.24) is 9.97 Å². The van der Waals surface area contributed by atoms with Crippen molar-refractivity contribution in [3.05, 3.63) is 15.1 Å². The molecule has 2 rings (SSSR count). The highest BCUT2D eigenvalue weighted by Gasteiger charge is 2.22. The summed E-state index contributed by atoms with van der Waals surface area (Å²) in [4.78, 5) is 9.21. The molecule has 1 aromatic heterocycles. The molecule has 1 fully saturated rings. The lowest BCUT2D eigenvalue weighted by Crippen LogP contribution is -2.20. The predicted molar refractivity (Wildman–Crippen MR) is 85.6 cm³/mol. The number of rotatable bonds is 5. The predicted octanol–water partition coefficient (Wildman–Crippen LogP) is 2.46. The Kier molecular flexibility index (Phi) is 6.11. The second-order valence-corrected chi connectivity index (χ2v) is 6.32. The number of anilines is 1. The maximum absolute atomic E-state index is 5.75. The molecule has 1 unspecified atom stereocenters. The van der Waals surface area contributed by atoms with Gasteiger partial charge in [0.05, 0.1) is 22.5 Å². The Morgan fingerprint density at radius 2 is 2.37 bits per heavy atom. The van der Waals surface area contributed by atoms with Crippen molar-refractivity contribution < 1.29 is 9.47 Å². The van der Waals surface area contributed by atoms with Crippen molar-refractivity contribution in [1.29, 1.82) is 0 Å². The molecular formula is C12H18IN3O2S. The van der Waals surface area contributed by atoms with Crippen LogP contribution in [0.4, 0.5) is 5.82 Å². The van der Waals surface area contributed by atoms with E-state index >= 15 is 0 Å². The van der Waals surface area contributed by atoms with Crippen LogP contribution in [0.15, 0.2) is 0 Å². The molecule has 1 aliphatic rings. The molecule has 0 amide bonds. The summed E-state index contributed by atoms with van der Waals surface area (Å²) in [6.45, 7) is 4.15. The first kappa shape index (κ1) is 15.3. The van der Waals surface area contributed by atoms with E-state index in [1.807, 2.05) is 11.8 Å². The first-order chi connectivity index (χ1) is 9.26. The van der Waals surface area contributed by atoms with E-state index < -0.39 is 0 Å². The van der Waals surface area contributed by atoms with Crippen molar-refractivity contribution in [3.63, 3.8) is 0 Å². The molecule has 19 heavy (non-hydrogen) atoms. The lowest BCUT2D eigenvalue weighted by atomic mass is 10.3. The molecule has 0 spiro atoms. The normalized spacial score (nSPS) is 19.4. The third-order valence-electron chi connectivity index (χ3n) is 2.67. The van der Waals surface area contributed by atoms with Crippen molar-refractivity contribution >= 4 is 40.2 Å². The molecule has 1 saturated heterocycles. The maximum Gasteiger partial charge on any atom is 0.160 e. The van der Waals surface area contributed by atoms with Crippen molar-refractivity contribution in [2.75, 3.05) is 37.1 Å². The number of methoxy groups -OCH3 is 1. The smallest absolute Gasteiger partial charge is 0.160 e. The second-order valence-electron chi connectivity index (χ2n) is 4.09. The van der Waals surface area contributed by atoms with Crippen molar-refractivity contribution in [3.8, 4) is 0 Å². The average Bonchev–Trinajstić information content (AvgIpc) is 2.44. The van der Waals surface area contributed by atoms with Crippen LogP contribution in [0.25, 0.3) is 0 Å². The van der Waals surface area contributed by atoms with Gasteiger partial charge in [0.2, 0.25) is 0 Å². The molecule has 7 heteroatoms. The third-order valence-corrected chi connectivity index (χ3v) is 4.79. The second kappa shape index (κ2) is 7.61. The highest BCUT2D eigenvalue weighted by atomic mass is 127. The Balaban J connectivity index is 2.30. The summed E-state index contributed by atoms with van der Waals surface area (Å²) in [5.74, 6) is 3.60. The molecule has 0 aromatic carbocycles. The van der Waals surface area contributed by atoms with Crippen LogP contribution in [0.1, 0.15) is 24.5 Å². The SMILES string of the molecule is CCNc1nc(C2CSCCO2)nc(COC)c1I. The highest BCUT2D eigenvalue weighted by molar-refractivity contribution is 14.1. The summed E-state index contributed by atoms with van der Waals surface area (Å²) < 4.78 is 12.0. The van der Waals surface area contributed by atoms with Gasteiger partial charge in [-0.25, -0.2) is 9.97 Å². The highest BCUT2D eigenvalue weighted by Crippen LogP contribution is 2.28. The zero-order valence-electron chi connectivity index (χ0n) is 11.1. The minimum Gasteiger partial charge on any atom is -0.378 e. The van der Waals surface area contributed by atoms with E-state index in [0.717, 1.165) is 45.6 Å². The fourth-order valence-corrected chi connectivity index (χ4v) is 3.24. The van der Waals surface area contributed by atoms with Crippen molar-refractivity contribution in [2.45, 2.75) is 19.6 Å². The Morgan fingerprint density at radius 1 is 1.53 bits per heavy atom. The van der Waals surface area contributed by atoms with Gasteiger partial charge in [0.1, 0.15) is 11.9 Å². The van der Waals surface area contributed by atoms with Gasteiger partial charge >= 0.3 is 0 Å². The fraction of sp³-hybridized carbons (Fsp3) is 0.667. The summed E-state index contributed by atoms with van der Waals surface area (Å²) >= 11 is 4.14. The third kappa shape index (κ3) is 3.93. The number of nitrogens with one attached hydrogen (secondary N) is 1. The molecule has 106 valence electrons. The molecule has 1 N–H and O–H groups in total. The van der Waals surface area contributed by atoms with E-state index in [4.69, 9.17) is 9.47 Å². The molecule has 0 saturated carbocycles. The zero-order chi connectivity index (χ0) is 13.7. The molecule has 0 bridgehead atoms. The van der Waals surface area contributed by atoms with Gasteiger partial charge in [-0.15, -0.1) is 0 Å². The Bertz CT molecular complexity index is 400. The molecule has 0 radical (unpaired) electrons. The largest absolute Gasteiger partial charge is 0.378 e. The molecule has 0 aliphatic carbocycles. The molecule has 1 aliphatic heterocycles. The summed E-state index contributed by atoms with van der Waals surface area (Å²) in [6, 6.07) is 0. The van der Waals surface area contributed by atoms with Crippen LogP contribution in [-0.4, -0.2) is 41.7 Å². The lowest BCUT2D eigenvalue weighted by Gasteiger charge is -2.22. The van der Waals surface area contributed by atoms with Crippen LogP contribution >= 0.6 is 34.4 Å². The van der Waals surface area contributed by atoms with Gasteiger partial charge in [0.25, 0.3) is 0 Å². The number of thioether (sulfide) groups is 1. The van der Waals surface area contributed by atoms with Crippen LogP contribution < -0.4 is 5.32 Å². The van der Waals surface area contributed by atoms with Crippen LogP contribution in [-0.2, 0) is 16.1 Å². The number of hydrogen-bond acceptors (Lipinski definition) is 6. The van der Waals surface area contributed by atoms with Gasteiger partial charge in [0.15, 0.2) is 5.82 Å². The summed E-state index contributed by atoms with van der Waals surface area (Å²) in [7, 11) is 1.68. The van der Waals surface area contributed by atoms with E-state index in [9.17, 15) is 0 Å². The number of halogens is 1. The number of hydrogen-bond donors (Lipinski definition) is 1. The molecule has 1 aromatic rings. The summed E-state index contributed by atoms with van der Waals surface area (Å²) in [5.41, 5.74) is 0.920. The molecule has 2 heterocycles. The molecular weight excluding hydrogens is 377 g/mol. The number of nitrogens with zero attached hydrogens (tertiary/aromatic N) is 2. The Hall–Kier alpha value is -0.120. The summed E-state index contributed by atoms with van der Waals surface area (Å²) in [5, 5.41) is 3.28. The number of aromatic nitrogens is 2. The average molecular weight is 395 g/mol. The summed E-state index contributed by atoms with van der Waals surface area (Å²) in [6.07, 6.45) is -0.0104. The lowest BCUT2D eigenvalue weighted by molar-refractivity contribution is 0.0689. The fourth-order valence-electron chi connectivity index (χ4n) is 1.81. The van der Waals surface area contributed by atoms with E-state index in [0.29, 0.717) is 6.61 Å². The van der Waals surface area contributed by atoms with Gasteiger partial charge in [-0.1, -0.05) is 0 Å². The standard InChI is InChI=1S/C12H18IN3O2S/c1-3-14-12-10(13)8(6-17-2)15-11(16-12)9-7-19-5-4-18-9/h9H,3-7H2,1-2H3,(H,14,15,16). The van der Waals surface area contributed by atoms with Crippen LogP contribution in [0.3, 0.4) is 0 Å². The quantitative estimate of drug-likeness (QED) is 0.774. The monoisotopic (exact) mass is 395 g/mol. The maximum atomic E-state index is 5.75. The molecule has 1 atom stereocenters. The minimum absolute atomic E-state index is 0.0104. The first-order valence-corrected chi connectivity index (χ1v) is 8.48. The van der Waals surface area contributed by atoms with Crippen molar-refractivity contribution in [2.24, 2.45) is 0 Å². The molecule has 5 nitrogen and oxygen atoms in total. The first-order valence-electron chi connectivity index (χ1n) is 6.24. The Morgan fingerprint density at radius 3 is 3.00 bits per heavy atom. The van der Waals surface area contributed by atoms with E-state index in [2.05, 4.69) is 44.8 Å².